The molecule has 0 aliphatic carbocycles. The second kappa shape index (κ2) is 8.93. The Balaban J connectivity index is 1.31. The van der Waals surface area contributed by atoms with Gasteiger partial charge in [0.05, 0.1) is 17.4 Å². The number of fused-ring (bicyclic) bond motifs is 1. The molecule has 2 aromatic heterocycles. The Hall–Kier alpha value is -3.14. The number of rotatable bonds is 6. The third-order valence-electron chi connectivity index (χ3n) is 5.30. The lowest BCUT2D eigenvalue weighted by Gasteiger charge is -2.20. The van der Waals surface area contributed by atoms with Gasteiger partial charge in [0.1, 0.15) is 17.9 Å². The number of hydrogen-bond acceptors (Lipinski definition) is 5. The highest BCUT2D eigenvalue weighted by Crippen LogP contribution is 2.29. The topological polar surface area (TPSA) is 76.2 Å². The van der Waals surface area contributed by atoms with Gasteiger partial charge in [-0.2, -0.15) is 13.2 Å². The molecule has 0 bridgehead atoms. The molecule has 3 heterocycles. The van der Waals surface area contributed by atoms with Crippen LogP contribution in [0.25, 0.3) is 0 Å². The van der Waals surface area contributed by atoms with Crippen molar-refractivity contribution in [2.24, 2.45) is 0 Å². The van der Waals surface area contributed by atoms with Crippen molar-refractivity contribution < 1.29 is 22.4 Å². The Labute approximate surface area is 176 Å². The lowest BCUT2D eigenvalue weighted by Crippen LogP contribution is -2.28. The molecule has 1 aliphatic rings. The van der Waals surface area contributed by atoms with Crippen LogP contribution in [0.15, 0.2) is 47.3 Å². The van der Waals surface area contributed by atoms with Gasteiger partial charge in [-0.05, 0) is 23.8 Å². The molecule has 1 aliphatic heterocycles. The van der Waals surface area contributed by atoms with Crippen LogP contribution in [0.2, 0.25) is 0 Å². The molecule has 0 spiro atoms. The first kappa shape index (κ1) is 21.1. The number of benzene rings is 1. The van der Waals surface area contributed by atoms with E-state index < -0.39 is 11.7 Å². The maximum Gasteiger partial charge on any atom is 0.416 e. The van der Waals surface area contributed by atoms with Crippen molar-refractivity contribution in [3.05, 3.63) is 71.2 Å². The van der Waals surface area contributed by atoms with Crippen LogP contribution in [0.3, 0.4) is 0 Å². The van der Waals surface area contributed by atoms with Gasteiger partial charge in [-0.1, -0.05) is 12.1 Å². The van der Waals surface area contributed by atoms with Crippen molar-refractivity contribution in [3.63, 3.8) is 0 Å². The molecule has 0 saturated carbocycles. The summed E-state index contributed by atoms with van der Waals surface area (Å²) in [7, 11) is 0. The molecule has 7 nitrogen and oxygen atoms in total. The third-order valence-corrected chi connectivity index (χ3v) is 5.30. The van der Waals surface area contributed by atoms with E-state index in [1.54, 1.807) is 6.07 Å². The Morgan fingerprint density at radius 2 is 1.90 bits per heavy atom. The van der Waals surface area contributed by atoms with Crippen molar-refractivity contribution in [2.75, 3.05) is 19.6 Å². The van der Waals surface area contributed by atoms with E-state index in [-0.39, 0.29) is 5.91 Å². The average molecular weight is 433 g/mol. The number of alkyl halides is 3. The van der Waals surface area contributed by atoms with Crippen LogP contribution in [0, 0.1) is 0 Å². The van der Waals surface area contributed by atoms with E-state index >= 15 is 0 Å². The average Bonchev–Trinajstić information content (AvgIpc) is 3.36. The molecule has 0 atom stereocenters. The molecule has 3 aromatic rings. The van der Waals surface area contributed by atoms with Crippen LogP contribution >= 0.6 is 0 Å². The highest BCUT2D eigenvalue weighted by Gasteiger charge is 2.30. The molecule has 0 fully saturated rings. The normalized spacial score (nSPS) is 14.8. The van der Waals surface area contributed by atoms with Gasteiger partial charge < -0.3 is 14.3 Å². The SMILES string of the molecule is O=C(NCCc1nnc2n1CCN(Cc1ccc(C(F)(F)F)cc1)CC2)c1ccoc1. The number of halogens is 3. The van der Waals surface area contributed by atoms with Gasteiger partial charge in [0, 0.05) is 45.6 Å². The van der Waals surface area contributed by atoms with Crippen LogP contribution in [-0.2, 0) is 32.1 Å². The first-order chi connectivity index (χ1) is 14.9. The molecule has 164 valence electrons. The summed E-state index contributed by atoms with van der Waals surface area (Å²) in [4.78, 5) is 14.2. The molecular formula is C21H22F3N5O2. The van der Waals surface area contributed by atoms with Crippen molar-refractivity contribution in [1.29, 1.82) is 0 Å². The zero-order valence-electron chi connectivity index (χ0n) is 16.7. The first-order valence-corrected chi connectivity index (χ1v) is 10.00. The summed E-state index contributed by atoms with van der Waals surface area (Å²) in [6, 6.07) is 6.91. The van der Waals surface area contributed by atoms with Gasteiger partial charge in [-0.3, -0.25) is 9.69 Å². The Kier molecular flexibility index (Phi) is 6.08. The summed E-state index contributed by atoms with van der Waals surface area (Å²) < 4.78 is 45.2. The fraction of sp³-hybridized carbons (Fsp3) is 0.381. The maximum absolute atomic E-state index is 12.7. The molecule has 1 aromatic carbocycles. The number of carbonyl (C=O) groups is 1. The summed E-state index contributed by atoms with van der Waals surface area (Å²) in [5, 5.41) is 11.4. The minimum Gasteiger partial charge on any atom is -0.472 e. The summed E-state index contributed by atoms with van der Waals surface area (Å²) in [6.45, 7) is 3.18. The fourth-order valence-corrected chi connectivity index (χ4v) is 3.61. The van der Waals surface area contributed by atoms with Gasteiger partial charge in [-0.25, -0.2) is 0 Å². The zero-order chi connectivity index (χ0) is 21.8. The molecule has 0 radical (unpaired) electrons. The van der Waals surface area contributed by atoms with E-state index in [1.165, 1.54) is 24.7 Å². The highest BCUT2D eigenvalue weighted by atomic mass is 19.4. The Bertz CT molecular complexity index is 1010. The Morgan fingerprint density at radius 3 is 2.61 bits per heavy atom. The minimum atomic E-state index is -4.32. The molecule has 4 rings (SSSR count). The zero-order valence-corrected chi connectivity index (χ0v) is 16.7. The monoisotopic (exact) mass is 433 g/mol. The summed E-state index contributed by atoms with van der Waals surface area (Å²) in [5.74, 6) is 1.48. The van der Waals surface area contributed by atoms with Crippen molar-refractivity contribution >= 4 is 5.91 Å². The molecule has 1 amide bonds. The quantitative estimate of drug-likeness (QED) is 0.647. The van der Waals surface area contributed by atoms with Crippen LogP contribution in [-0.4, -0.2) is 45.2 Å². The van der Waals surface area contributed by atoms with Crippen LogP contribution < -0.4 is 5.32 Å². The fourth-order valence-electron chi connectivity index (χ4n) is 3.61. The first-order valence-electron chi connectivity index (χ1n) is 10.00. The predicted molar refractivity (Wildman–Crippen MR) is 105 cm³/mol. The van der Waals surface area contributed by atoms with Crippen LogP contribution in [0.4, 0.5) is 13.2 Å². The minimum absolute atomic E-state index is 0.202. The lowest BCUT2D eigenvalue weighted by molar-refractivity contribution is -0.137. The number of furan rings is 1. The third kappa shape index (κ3) is 5.13. The number of carbonyl (C=O) groups excluding carboxylic acids is 1. The van der Waals surface area contributed by atoms with Crippen molar-refractivity contribution in [3.8, 4) is 0 Å². The highest BCUT2D eigenvalue weighted by molar-refractivity contribution is 5.93. The van der Waals surface area contributed by atoms with Gasteiger partial charge in [0.15, 0.2) is 0 Å². The summed E-state index contributed by atoms with van der Waals surface area (Å²) in [6.07, 6.45) is -0.227. The number of nitrogens with one attached hydrogen (secondary N) is 1. The molecule has 10 heteroatoms. The standard InChI is InChI=1S/C21H22F3N5O2/c22-21(23,24)17-3-1-15(2-4-17)13-28-9-6-19-27-26-18(29(19)11-10-28)5-8-25-20(30)16-7-12-31-14-16/h1-4,7,12,14H,5-6,8-11,13H2,(H,25,30). The van der Waals surface area contributed by atoms with Gasteiger partial charge in [-0.15, -0.1) is 10.2 Å². The smallest absolute Gasteiger partial charge is 0.416 e. The predicted octanol–water partition coefficient (Wildman–Crippen LogP) is 2.92. The summed E-state index contributed by atoms with van der Waals surface area (Å²) in [5.41, 5.74) is 0.676. The van der Waals surface area contributed by atoms with E-state index in [0.29, 0.717) is 38.0 Å². The largest absolute Gasteiger partial charge is 0.472 e. The molecular weight excluding hydrogens is 411 g/mol. The number of aromatic nitrogens is 3. The number of nitrogens with zero attached hydrogens (tertiary/aromatic N) is 4. The number of amides is 1. The van der Waals surface area contributed by atoms with Crippen LogP contribution in [0.1, 0.15) is 33.1 Å². The van der Waals surface area contributed by atoms with Crippen molar-refractivity contribution in [2.45, 2.75) is 32.1 Å². The van der Waals surface area contributed by atoms with E-state index in [9.17, 15) is 18.0 Å². The van der Waals surface area contributed by atoms with Crippen molar-refractivity contribution in [1.82, 2.24) is 25.0 Å². The van der Waals surface area contributed by atoms with Crippen LogP contribution in [0.5, 0.6) is 0 Å². The van der Waals surface area contributed by atoms with E-state index in [2.05, 4.69) is 25.0 Å². The molecule has 31 heavy (non-hydrogen) atoms. The summed E-state index contributed by atoms with van der Waals surface area (Å²) >= 11 is 0. The number of hydrogen-bond donors (Lipinski definition) is 1. The van der Waals surface area contributed by atoms with Gasteiger partial charge in [0.2, 0.25) is 0 Å². The van der Waals surface area contributed by atoms with E-state index in [4.69, 9.17) is 4.42 Å². The van der Waals surface area contributed by atoms with E-state index in [1.807, 2.05) is 0 Å². The molecule has 1 N–H and O–H groups in total. The van der Waals surface area contributed by atoms with Gasteiger partial charge in [0.25, 0.3) is 5.91 Å². The molecule has 0 saturated heterocycles. The maximum atomic E-state index is 12.7. The second-order valence-electron chi connectivity index (χ2n) is 7.42. The Morgan fingerprint density at radius 1 is 1.10 bits per heavy atom. The molecule has 0 unspecified atom stereocenters. The second-order valence-corrected chi connectivity index (χ2v) is 7.42. The van der Waals surface area contributed by atoms with Gasteiger partial charge >= 0.3 is 6.18 Å². The van der Waals surface area contributed by atoms with E-state index in [0.717, 1.165) is 42.4 Å². The lowest BCUT2D eigenvalue weighted by atomic mass is 10.1.